The van der Waals surface area contributed by atoms with Crippen LogP contribution in [0.2, 0.25) is 0 Å². The minimum Gasteiger partial charge on any atom is -0.445 e. The fourth-order valence-corrected chi connectivity index (χ4v) is 1.49. The summed E-state index contributed by atoms with van der Waals surface area (Å²) in [7, 11) is 0. The molecule has 1 atom stereocenters. The number of nitrogens with one attached hydrogen (secondary N) is 2. The summed E-state index contributed by atoms with van der Waals surface area (Å²) in [6.45, 7) is 3.20. The van der Waals surface area contributed by atoms with Crippen LogP contribution >= 0.6 is 0 Å². The van der Waals surface area contributed by atoms with Crippen molar-refractivity contribution in [2.24, 2.45) is 0 Å². The van der Waals surface area contributed by atoms with Crippen molar-refractivity contribution in [1.82, 2.24) is 10.6 Å². The zero-order valence-corrected chi connectivity index (χ0v) is 11.6. The van der Waals surface area contributed by atoms with Crippen molar-refractivity contribution >= 4 is 12.0 Å². The standard InChI is InChI=1S/C14H20N2O4/c1-10(2)15-13(18)12(8-17)16-14(19)20-9-11-6-4-3-5-7-11/h3-7,10,12,17H,8-9H2,1-2H3,(H,15,18)(H,16,19). The Morgan fingerprint density at radius 1 is 1.20 bits per heavy atom. The summed E-state index contributed by atoms with van der Waals surface area (Å²) in [6, 6.07) is 8.10. The van der Waals surface area contributed by atoms with E-state index in [0.29, 0.717) is 0 Å². The highest BCUT2D eigenvalue weighted by Crippen LogP contribution is 2.00. The number of alkyl carbamates (subject to hydrolysis) is 1. The van der Waals surface area contributed by atoms with E-state index in [2.05, 4.69) is 10.6 Å². The molecule has 20 heavy (non-hydrogen) atoms. The Morgan fingerprint density at radius 3 is 2.40 bits per heavy atom. The van der Waals surface area contributed by atoms with Crippen molar-refractivity contribution in [3.05, 3.63) is 35.9 Å². The van der Waals surface area contributed by atoms with Crippen LogP contribution in [0.4, 0.5) is 4.79 Å². The molecule has 0 bridgehead atoms. The molecule has 0 aliphatic heterocycles. The molecule has 0 radical (unpaired) electrons. The molecule has 0 aliphatic rings. The van der Waals surface area contributed by atoms with E-state index in [1.807, 2.05) is 30.3 Å². The van der Waals surface area contributed by atoms with Gasteiger partial charge in [0.1, 0.15) is 12.6 Å². The largest absolute Gasteiger partial charge is 0.445 e. The Kier molecular flexibility index (Phi) is 6.52. The predicted octanol–water partition coefficient (Wildman–Crippen LogP) is 0.798. The minimum atomic E-state index is -1.01. The summed E-state index contributed by atoms with van der Waals surface area (Å²) < 4.78 is 4.97. The highest BCUT2D eigenvalue weighted by Gasteiger charge is 2.20. The van der Waals surface area contributed by atoms with Crippen molar-refractivity contribution in [3.8, 4) is 0 Å². The molecule has 6 heteroatoms. The topological polar surface area (TPSA) is 87.7 Å². The molecule has 110 valence electrons. The van der Waals surface area contributed by atoms with Crippen molar-refractivity contribution in [3.63, 3.8) is 0 Å². The minimum absolute atomic E-state index is 0.0707. The average molecular weight is 280 g/mol. The fraction of sp³-hybridized carbons (Fsp3) is 0.429. The summed E-state index contributed by atoms with van der Waals surface area (Å²) in [5.74, 6) is -0.445. The van der Waals surface area contributed by atoms with E-state index < -0.39 is 24.6 Å². The maximum absolute atomic E-state index is 11.7. The lowest BCUT2D eigenvalue weighted by Gasteiger charge is -2.17. The maximum atomic E-state index is 11.7. The van der Waals surface area contributed by atoms with Gasteiger partial charge < -0.3 is 20.5 Å². The highest BCUT2D eigenvalue weighted by molar-refractivity contribution is 5.85. The van der Waals surface area contributed by atoms with Gasteiger partial charge in [-0.1, -0.05) is 30.3 Å². The summed E-state index contributed by atoms with van der Waals surface area (Å²) in [4.78, 5) is 23.2. The second-order valence-electron chi connectivity index (χ2n) is 4.60. The van der Waals surface area contributed by atoms with Gasteiger partial charge >= 0.3 is 6.09 Å². The molecular weight excluding hydrogens is 260 g/mol. The number of carbonyl (C=O) groups excluding carboxylic acids is 2. The first-order chi connectivity index (χ1) is 9.52. The number of rotatable bonds is 6. The van der Waals surface area contributed by atoms with E-state index in [0.717, 1.165) is 5.56 Å². The fourth-order valence-electron chi connectivity index (χ4n) is 1.49. The smallest absolute Gasteiger partial charge is 0.408 e. The van der Waals surface area contributed by atoms with E-state index in [-0.39, 0.29) is 12.6 Å². The highest BCUT2D eigenvalue weighted by atomic mass is 16.5. The maximum Gasteiger partial charge on any atom is 0.408 e. The molecule has 0 spiro atoms. The molecule has 6 nitrogen and oxygen atoms in total. The van der Waals surface area contributed by atoms with Gasteiger partial charge in [-0.05, 0) is 19.4 Å². The van der Waals surface area contributed by atoms with Gasteiger partial charge in [0.25, 0.3) is 0 Å². The van der Waals surface area contributed by atoms with E-state index in [9.17, 15) is 9.59 Å². The number of amides is 2. The lowest BCUT2D eigenvalue weighted by Crippen LogP contribution is -2.50. The van der Waals surface area contributed by atoms with Crippen molar-refractivity contribution < 1.29 is 19.4 Å². The lowest BCUT2D eigenvalue weighted by atomic mass is 10.2. The van der Waals surface area contributed by atoms with Crippen LogP contribution in [0, 0.1) is 0 Å². The van der Waals surface area contributed by atoms with Crippen molar-refractivity contribution in [2.75, 3.05) is 6.61 Å². The zero-order chi connectivity index (χ0) is 15.0. The van der Waals surface area contributed by atoms with Crippen LogP contribution in [0.5, 0.6) is 0 Å². The summed E-state index contributed by atoms with van der Waals surface area (Å²) in [5, 5.41) is 14.0. The molecule has 0 saturated heterocycles. The van der Waals surface area contributed by atoms with Gasteiger partial charge in [-0.2, -0.15) is 0 Å². The molecular formula is C14H20N2O4. The molecule has 0 heterocycles. The number of ether oxygens (including phenoxy) is 1. The third kappa shape index (κ3) is 5.71. The number of carbonyl (C=O) groups is 2. The van der Waals surface area contributed by atoms with E-state index >= 15 is 0 Å². The number of aliphatic hydroxyl groups is 1. The summed E-state index contributed by atoms with van der Waals surface area (Å²) in [5.41, 5.74) is 0.842. The van der Waals surface area contributed by atoms with Gasteiger partial charge in [0.05, 0.1) is 6.61 Å². The van der Waals surface area contributed by atoms with Crippen LogP contribution in [0.1, 0.15) is 19.4 Å². The molecule has 1 aromatic rings. The average Bonchev–Trinajstić information content (AvgIpc) is 2.42. The molecule has 0 saturated carbocycles. The number of benzene rings is 1. The zero-order valence-electron chi connectivity index (χ0n) is 11.6. The SMILES string of the molecule is CC(C)NC(=O)C(CO)NC(=O)OCc1ccccc1. The molecule has 2 amide bonds. The van der Waals surface area contributed by atoms with Crippen LogP contribution in [0.3, 0.4) is 0 Å². The van der Waals surface area contributed by atoms with Gasteiger partial charge in [0, 0.05) is 6.04 Å². The number of aliphatic hydroxyl groups excluding tert-OH is 1. The van der Waals surface area contributed by atoms with Crippen molar-refractivity contribution in [1.29, 1.82) is 0 Å². The van der Waals surface area contributed by atoms with Gasteiger partial charge in [0.2, 0.25) is 5.91 Å². The Balaban J connectivity index is 2.41. The third-order valence-corrected chi connectivity index (χ3v) is 2.43. The molecule has 0 aromatic heterocycles. The Bertz CT molecular complexity index is 434. The summed E-state index contributed by atoms with van der Waals surface area (Å²) in [6.07, 6.45) is -0.744. The van der Waals surface area contributed by atoms with E-state index in [1.165, 1.54) is 0 Å². The quantitative estimate of drug-likeness (QED) is 0.719. The molecule has 0 fully saturated rings. The number of hydrogen-bond donors (Lipinski definition) is 3. The first-order valence-corrected chi connectivity index (χ1v) is 6.41. The second-order valence-corrected chi connectivity index (χ2v) is 4.60. The Morgan fingerprint density at radius 2 is 1.85 bits per heavy atom. The van der Waals surface area contributed by atoms with Crippen LogP contribution in [0.15, 0.2) is 30.3 Å². The molecule has 1 aromatic carbocycles. The van der Waals surface area contributed by atoms with Crippen LogP contribution < -0.4 is 10.6 Å². The van der Waals surface area contributed by atoms with Crippen LogP contribution in [-0.2, 0) is 16.1 Å². The Hall–Kier alpha value is -2.08. The molecule has 1 unspecified atom stereocenters. The van der Waals surface area contributed by atoms with Crippen LogP contribution in [-0.4, -0.2) is 35.8 Å². The number of hydrogen-bond acceptors (Lipinski definition) is 4. The van der Waals surface area contributed by atoms with Gasteiger partial charge in [-0.15, -0.1) is 0 Å². The Labute approximate surface area is 118 Å². The monoisotopic (exact) mass is 280 g/mol. The van der Waals surface area contributed by atoms with Crippen molar-refractivity contribution in [2.45, 2.75) is 32.5 Å². The third-order valence-electron chi connectivity index (χ3n) is 2.43. The molecule has 0 aliphatic carbocycles. The normalized spacial score (nSPS) is 11.8. The lowest BCUT2D eigenvalue weighted by molar-refractivity contribution is -0.124. The van der Waals surface area contributed by atoms with Gasteiger partial charge in [-0.3, -0.25) is 4.79 Å². The van der Waals surface area contributed by atoms with E-state index in [4.69, 9.17) is 9.84 Å². The first-order valence-electron chi connectivity index (χ1n) is 6.41. The van der Waals surface area contributed by atoms with Gasteiger partial charge in [0.15, 0.2) is 0 Å². The van der Waals surface area contributed by atoms with Gasteiger partial charge in [-0.25, -0.2) is 4.79 Å². The summed E-state index contributed by atoms with van der Waals surface area (Å²) >= 11 is 0. The van der Waals surface area contributed by atoms with Crippen LogP contribution in [0.25, 0.3) is 0 Å². The first kappa shape index (κ1) is 16.0. The second kappa shape index (κ2) is 8.16. The molecule has 1 rings (SSSR count). The molecule has 3 N–H and O–H groups in total. The van der Waals surface area contributed by atoms with E-state index in [1.54, 1.807) is 13.8 Å². The predicted molar refractivity (Wildman–Crippen MR) is 73.9 cm³/mol.